The summed E-state index contributed by atoms with van der Waals surface area (Å²) in [6.07, 6.45) is 1.80. The van der Waals surface area contributed by atoms with Crippen LogP contribution in [0.1, 0.15) is 24.8 Å². The molecule has 0 aliphatic carbocycles. The normalized spacial score (nSPS) is 11.8. The molecule has 0 aliphatic rings. The van der Waals surface area contributed by atoms with Crippen molar-refractivity contribution in [2.24, 2.45) is 7.05 Å². The Labute approximate surface area is 130 Å². The maximum atomic E-state index is 12.4. The standard InChI is InChI=1S/C15H21N3O3S/c1-12-8-4-5-9-13(12)14-16-17-15(18(14)2)22(20,21)11-7-3-6-10-19/h4-5,8-9,19H,3,6-7,10-11H2,1-2H3. The highest BCUT2D eigenvalue weighted by atomic mass is 32.2. The van der Waals surface area contributed by atoms with E-state index in [1.165, 1.54) is 4.57 Å². The summed E-state index contributed by atoms with van der Waals surface area (Å²) < 4.78 is 26.3. The van der Waals surface area contributed by atoms with E-state index in [4.69, 9.17) is 5.11 Å². The molecule has 0 saturated heterocycles. The number of aliphatic hydroxyl groups is 1. The molecule has 0 fully saturated rings. The van der Waals surface area contributed by atoms with Crippen molar-refractivity contribution in [3.63, 3.8) is 0 Å². The van der Waals surface area contributed by atoms with Gasteiger partial charge in [0.05, 0.1) is 5.75 Å². The number of rotatable bonds is 7. The van der Waals surface area contributed by atoms with Gasteiger partial charge in [-0.15, -0.1) is 10.2 Å². The molecule has 0 saturated carbocycles. The summed E-state index contributed by atoms with van der Waals surface area (Å²) in [5, 5.41) is 16.7. The molecular weight excluding hydrogens is 302 g/mol. The predicted molar refractivity (Wildman–Crippen MR) is 84.2 cm³/mol. The third-order valence-corrected chi connectivity index (χ3v) is 5.31. The van der Waals surface area contributed by atoms with Crippen molar-refractivity contribution in [1.29, 1.82) is 0 Å². The summed E-state index contributed by atoms with van der Waals surface area (Å²) >= 11 is 0. The first-order valence-corrected chi connectivity index (χ1v) is 8.91. The van der Waals surface area contributed by atoms with Gasteiger partial charge in [-0.3, -0.25) is 0 Å². The first kappa shape index (κ1) is 16.6. The van der Waals surface area contributed by atoms with E-state index in [9.17, 15) is 8.42 Å². The predicted octanol–water partition coefficient (Wildman–Crippen LogP) is 1.73. The highest BCUT2D eigenvalue weighted by molar-refractivity contribution is 7.91. The van der Waals surface area contributed by atoms with Gasteiger partial charge in [-0.1, -0.05) is 30.7 Å². The molecule has 0 spiro atoms. The molecule has 0 amide bonds. The van der Waals surface area contributed by atoms with Crippen LogP contribution in [0.2, 0.25) is 0 Å². The molecule has 0 unspecified atom stereocenters. The minimum Gasteiger partial charge on any atom is -0.396 e. The van der Waals surface area contributed by atoms with E-state index in [-0.39, 0.29) is 17.5 Å². The van der Waals surface area contributed by atoms with Crippen molar-refractivity contribution in [3.8, 4) is 11.4 Å². The fraction of sp³-hybridized carbons (Fsp3) is 0.467. The fourth-order valence-corrected chi connectivity index (χ4v) is 3.75. The third-order valence-electron chi connectivity index (χ3n) is 3.57. The molecule has 22 heavy (non-hydrogen) atoms. The number of hydrogen-bond donors (Lipinski definition) is 1. The zero-order valence-corrected chi connectivity index (χ0v) is 13.7. The molecule has 120 valence electrons. The van der Waals surface area contributed by atoms with E-state index in [0.29, 0.717) is 25.1 Å². The van der Waals surface area contributed by atoms with Crippen LogP contribution in [-0.4, -0.2) is 40.6 Å². The molecule has 0 atom stereocenters. The topological polar surface area (TPSA) is 85.1 Å². The lowest BCUT2D eigenvalue weighted by Crippen LogP contribution is -2.13. The van der Waals surface area contributed by atoms with Gasteiger partial charge in [0.2, 0.25) is 15.0 Å². The van der Waals surface area contributed by atoms with Crippen molar-refractivity contribution in [2.75, 3.05) is 12.4 Å². The zero-order valence-electron chi connectivity index (χ0n) is 12.9. The lowest BCUT2D eigenvalue weighted by atomic mass is 10.1. The van der Waals surface area contributed by atoms with E-state index >= 15 is 0 Å². The molecule has 0 bridgehead atoms. The molecule has 2 aromatic rings. The summed E-state index contributed by atoms with van der Waals surface area (Å²) in [7, 11) is -1.79. The van der Waals surface area contributed by atoms with Gasteiger partial charge < -0.3 is 9.67 Å². The van der Waals surface area contributed by atoms with Crippen LogP contribution >= 0.6 is 0 Å². The maximum absolute atomic E-state index is 12.4. The SMILES string of the molecule is Cc1ccccc1-c1nnc(S(=O)(=O)CCCCCO)n1C. The van der Waals surface area contributed by atoms with Crippen LogP contribution in [0.3, 0.4) is 0 Å². The molecule has 1 heterocycles. The minimum absolute atomic E-state index is 0.00486. The van der Waals surface area contributed by atoms with E-state index in [1.807, 2.05) is 31.2 Å². The Morgan fingerprint density at radius 2 is 1.86 bits per heavy atom. The van der Waals surface area contributed by atoms with Gasteiger partial charge in [0, 0.05) is 19.2 Å². The first-order chi connectivity index (χ1) is 10.5. The second kappa shape index (κ2) is 7.02. The van der Waals surface area contributed by atoms with Gasteiger partial charge in [-0.2, -0.15) is 0 Å². The van der Waals surface area contributed by atoms with E-state index in [2.05, 4.69) is 10.2 Å². The Morgan fingerprint density at radius 3 is 2.55 bits per heavy atom. The average molecular weight is 323 g/mol. The average Bonchev–Trinajstić information content (AvgIpc) is 2.87. The smallest absolute Gasteiger partial charge is 0.249 e. The van der Waals surface area contributed by atoms with Crippen molar-refractivity contribution < 1.29 is 13.5 Å². The van der Waals surface area contributed by atoms with Gasteiger partial charge in [-0.05, 0) is 25.3 Å². The van der Waals surface area contributed by atoms with Crippen molar-refractivity contribution >= 4 is 9.84 Å². The maximum Gasteiger partial charge on any atom is 0.249 e. The number of aliphatic hydroxyl groups excluding tert-OH is 1. The van der Waals surface area contributed by atoms with E-state index in [0.717, 1.165) is 11.1 Å². The first-order valence-electron chi connectivity index (χ1n) is 7.26. The Morgan fingerprint density at radius 1 is 1.14 bits per heavy atom. The van der Waals surface area contributed by atoms with Gasteiger partial charge >= 0.3 is 0 Å². The van der Waals surface area contributed by atoms with Gasteiger partial charge in [0.15, 0.2) is 5.82 Å². The van der Waals surface area contributed by atoms with Crippen LogP contribution in [0, 0.1) is 6.92 Å². The van der Waals surface area contributed by atoms with E-state index in [1.54, 1.807) is 7.05 Å². The molecule has 1 aromatic carbocycles. The largest absolute Gasteiger partial charge is 0.396 e. The Bertz CT molecular complexity index is 738. The van der Waals surface area contributed by atoms with Crippen LogP contribution in [0.15, 0.2) is 29.4 Å². The van der Waals surface area contributed by atoms with Gasteiger partial charge in [0.25, 0.3) is 0 Å². The molecule has 2 rings (SSSR count). The van der Waals surface area contributed by atoms with Crippen molar-refractivity contribution in [2.45, 2.75) is 31.3 Å². The molecule has 7 heteroatoms. The summed E-state index contributed by atoms with van der Waals surface area (Å²) in [6.45, 7) is 2.04. The van der Waals surface area contributed by atoms with E-state index < -0.39 is 9.84 Å². The molecule has 1 N–H and O–H groups in total. The highest BCUT2D eigenvalue weighted by Gasteiger charge is 2.23. The molecule has 0 aliphatic heterocycles. The van der Waals surface area contributed by atoms with Crippen LogP contribution < -0.4 is 0 Å². The summed E-state index contributed by atoms with van der Waals surface area (Å²) in [5.41, 5.74) is 1.89. The summed E-state index contributed by atoms with van der Waals surface area (Å²) in [6, 6.07) is 7.66. The van der Waals surface area contributed by atoms with Crippen LogP contribution in [0.5, 0.6) is 0 Å². The highest BCUT2D eigenvalue weighted by Crippen LogP contribution is 2.23. The Balaban J connectivity index is 2.26. The number of nitrogens with zero attached hydrogens (tertiary/aromatic N) is 3. The molecule has 0 radical (unpaired) electrons. The minimum atomic E-state index is -3.46. The zero-order chi connectivity index (χ0) is 16.2. The molecule has 1 aromatic heterocycles. The Kier molecular flexibility index (Phi) is 5.31. The number of unbranched alkanes of at least 4 members (excludes halogenated alkanes) is 2. The number of sulfone groups is 1. The fourth-order valence-electron chi connectivity index (χ4n) is 2.32. The molecular formula is C15H21N3O3S. The van der Waals surface area contributed by atoms with Gasteiger partial charge in [-0.25, -0.2) is 8.42 Å². The van der Waals surface area contributed by atoms with Crippen molar-refractivity contribution in [1.82, 2.24) is 14.8 Å². The van der Waals surface area contributed by atoms with Gasteiger partial charge in [0.1, 0.15) is 0 Å². The number of aromatic nitrogens is 3. The monoisotopic (exact) mass is 323 g/mol. The van der Waals surface area contributed by atoms with Crippen LogP contribution in [0.4, 0.5) is 0 Å². The van der Waals surface area contributed by atoms with Crippen molar-refractivity contribution in [3.05, 3.63) is 29.8 Å². The number of benzene rings is 1. The lowest BCUT2D eigenvalue weighted by Gasteiger charge is -2.07. The second-order valence-corrected chi connectivity index (χ2v) is 7.29. The molecule has 6 nitrogen and oxygen atoms in total. The quantitative estimate of drug-likeness (QED) is 0.784. The summed E-state index contributed by atoms with van der Waals surface area (Å²) in [5.74, 6) is 0.569. The number of aryl methyl sites for hydroxylation is 1. The second-order valence-electron chi connectivity index (χ2n) is 5.28. The lowest BCUT2D eigenvalue weighted by molar-refractivity contribution is 0.284. The Hall–Kier alpha value is -1.73. The van der Waals surface area contributed by atoms with Crippen LogP contribution in [0.25, 0.3) is 11.4 Å². The summed E-state index contributed by atoms with van der Waals surface area (Å²) in [4.78, 5) is 0. The van der Waals surface area contributed by atoms with Crippen LogP contribution in [-0.2, 0) is 16.9 Å². The third kappa shape index (κ3) is 3.53. The number of hydrogen-bond acceptors (Lipinski definition) is 5.